The Bertz CT molecular complexity index is 468. The molecule has 1 aromatic rings. The zero-order valence-corrected chi connectivity index (χ0v) is 11.2. The zero-order chi connectivity index (χ0) is 12.7. The highest BCUT2D eigenvalue weighted by atomic mass is 35.5. The van der Waals surface area contributed by atoms with Gasteiger partial charge in [0.25, 0.3) is 0 Å². The third-order valence-electron chi connectivity index (χ3n) is 3.84. The number of nitrogens with two attached hydrogens (primary N) is 1. The first-order chi connectivity index (χ1) is 8.66. The van der Waals surface area contributed by atoms with Crippen molar-refractivity contribution in [3.05, 3.63) is 11.0 Å². The van der Waals surface area contributed by atoms with E-state index in [1.54, 1.807) is 0 Å². The largest absolute Gasteiger partial charge is 0.394 e. The number of anilines is 2. The summed E-state index contributed by atoms with van der Waals surface area (Å²) in [6, 6.07) is 0.381. The van der Waals surface area contributed by atoms with Gasteiger partial charge in [-0.3, -0.25) is 0 Å². The van der Waals surface area contributed by atoms with Gasteiger partial charge in [0.05, 0.1) is 30.1 Å². The summed E-state index contributed by atoms with van der Waals surface area (Å²) < 4.78 is 5.80. The van der Waals surface area contributed by atoms with E-state index >= 15 is 0 Å². The highest BCUT2D eigenvalue weighted by Crippen LogP contribution is 2.35. The molecule has 18 heavy (non-hydrogen) atoms. The molecule has 2 heterocycles. The van der Waals surface area contributed by atoms with Gasteiger partial charge < -0.3 is 15.4 Å². The van der Waals surface area contributed by atoms with Gasteiger partial charge in [-0.2, -0.15) is 4.98 Å². The Balaban J connectivity index is 1.98. The van der Waals surface area contributed by atoms with Crippen LogP contribution in [-0.4, -0.2) is 35.3 Å². The number of morpholine rings is 1. The quantitative estimate of drug-likeness (QED) is 0.787. The molecule has 0 radical (unpaired) electrons. The van der Waals surface area contributed by atoms with E-state index < -0.39 is 0 Å². The van der Waals surface area contributed by atoms with Crippen LogP contribution in [0.3, 0.4) is 0 Å². The Morgan fingerprint density at radius 1 is 1.39 bits per heavy atom. The fraction of sp³-hybridized carbons (Fsp3) is 0.667. The minimum Gasteiger partial charge on any atom is -0.394 e. The second kappa shape index (κ2) is 4.55. The van der Waals surface area contributed by atoms with Crippen molar-refractivity contribution in [1.29, 1.82) is 0 Å². The molecule has 98 valence electrons. The molecule has 5 nitrogen and oxygen atoms in total. The van der Waals surface area contributed by atoms with E-state index in [-0.39, 0.29) is 5.28 Å². The number of hydrogen-bond donors (Lipinski definition) is 1. The average Bonchev–Trinajstić information content (AvgIpc) is 2.81. The van der Waals surface area contributed by atoms with E-state index in [9.17, 15) is 0 Å². The van der Waals surface area contributed by atoms with E-state index in [1.807, 2.05) is 6.92 Å². The van der Waals surface area contributed by atoms with Gasteiger partial charge >= 0.3 is 0 Å². The molecule has 1 aromatic heterocycles. The van der Waals surface area contributed by atoms with Gasteiger partial charge in [-0.15, -0.1) is 0 Å². The summed E-state index contributed by atoms with van der Waals surface area (Å²) in [6.07, 6.45) is 3.76. The van der Waals surface area contributed by atoms with Crippen LogP contribution < -0.4 is 10.6 Å². The van der Waals surface area contributed by atoms with Gasteiger partial charge in [-0.25, -0.2) is 4.98 Å². The Morgan fingerprint density at radius 3 is 3.06 bits per heavy atom. The number of halogens is 1. The van der Waals surface area contributed by atoms with Crippen LogP contribution in [-0.2, 0) is 4.74 Å². The lowest BCUT2D eigenvalue weighted by Gasteiger charge is -2.39. The summed E-state index contributed by atoms with van der Waals surface area (Å²) in [7, 11) is 0. The fourth-order valence-electron chi connectivity index (χ4n) is 2.94. The first kappa shape index (κ1) is 12.0. The van der Waals surface area contributed by atoms with Gasteiger partial charge in [-0.05, 0) is 37.8 Å². The van der Waals surface area contributed by atoms with E-state index in [4.69, 9.17) is 22.1 Å². The molecule has 2 fully saturated rings. The second-order valence-electron chi connectivity index (χ2n) is 4.92. The predicted octanol–water partition coefficient (Wildman–Crippen LogP) is 1.78. The monoisotopic (exact) mass is 268 g/mol. The third kappa shape index (κ3) is 1.91. The maximum absolute atomic E-state index is 6.10. The normalized spacial score (nSPS) is 27.3. The van der Waals surface area contributed by atoms with E-state index in [2.05, 4.69) is 14.9 Å². The molecular weight excluding hydrogens is 252 g/mol. The average molecular weight is 269 g/mol. The topological polar surface area (TPSA) is 64.3 Å². The molecular formula is C12H17ClN4O. The Kier molecular flexibility index (Phi) is 3.03. The van der Waals surface area contributed by atoms with Crippen molar-refractivity contribution in [2.45, 2.75) is 38.3 Å². The van der Waals surface area contributed by atoms with Crippen molar-refractivity contribution in [3.8, 4) is 0 Å². The molecule has 1 aliphatic heterocycles. The summed E-state index contributed by atoms with van der Waals surface area (Å²) in [5.74, 6) is 0.771. The smallest absolute Gasteiger partial charge is 0.224 e. The summed E-state index contributed by atoms with van der Waals surface area (Å²) in [6.45, 7) is 3.40. The van der Waals surface area contributed by atoms with Crippen molar-refractivity contribution < 1.29 is 4.74 Å². The number of nitrogen functional groups attached to an aromatic ring is 1. The molecule has 0 spiro atoms. The standard InChI is InChI=1S/C12H17ClN4O/c1-7-10(14)11(16-12(13)15-7)17-5-6-18-9-4-2-3-8(9)17/h8-9H,2-6,14H2,1H3. The Labute approximate surface area is 111 Å². The molecule has 2 N–H and O–H groups in total. The maximum Gasteiger partial charge on any atom is 0.224 e. The minimum absolute atomic E-state index is 0.262. The SMILES string of the molecule is Cc1nc(Cl)nc(N2CCOC3CCCC32)c1N. The molecule has 0 bridgehead atoms. The van der Waals surface area contributed by atoms with E-state index in [1.165, 1.54) is 6.42 Å². The molecule has 1 saturated heterocycles. The molecule has 3 rings (SSSR count). The van der Waals surface area contributed by atoms with E-state index in [0.29, 0.717) is 17.8 Å². The van der Waals surface area contributed by atoms with Crippen molar-refractivity contribution in [1.82, 2.24) is 9.97 Å². The summed E-state index contributed by atoms with van der Waals surface area (Å²) in [4.78, 5) is 10.6. The molecule has 2 unspecified atom stereocenters. The predicted molar refractivity (Wildman–Crippen MR) is 70.9 cm³/mol. The first-order valence-corrected chi connectivity index (χ1v) is 6.72. The number of hydrogen-bond acceptors (Lipinski definition) is 5. The highest BCUT2D eigenvalue weighted by molar-refractivity contribution is 6.28. The Morgan fingerprint density at radius 2 is 2.22 bits per heavy atom. The Hall–Kier alpha value is -1.07. The lowest BCUT2D eigenvalue weighted by molar-refractivity contribution is 0.0254. The van der Waals surface area contributed by atoms with Gasteiger partial charge in [0, 0.05) is 6.54 Å². The van der Waals surface area contributed by atoms with Crippen molar-refractivity contribution in [2.24, 2.45) is 0 Å². The molecule has 2 atom stereocenters. The van der Waals surface area contributed by atoms with Crippen molar-refractivity contribution in [3.63, 3.8) is 0 Å². The van der Waals surface area contributed by atoms with Gasteiger partial charge in [0.15, 0.2) is 5.82 Å². The number of aryl methyl sites for hydroxylation is 1. The molecule has 2 aliphatic rings. The molecule has 0 aromatic carbocycles. The molecule has 1 saturated carbocycles. The van der Waals surface area contributed by atoms with Crippen LogP contribution in [0.1, 0.15) is 25.0 Å². The first-order valence-electron chi connectivity index (χ1n) is 6.34. The van der Waals surface area contributed by atoms with Crippen LogP contribution >= 0.6 is 11.6 Å². The van der Waals surface area contributed by atoms with Crippen molar-refractivity contribution in [2.75, 3.05) is 23.8 Å². The third-order valence-corrected chi connectivity index (χ3v) is 4.01. The van der Waals surface area contributed by atoms with Crippen LogP contribution in [0.5, 0.6) is 0 Å². The number of ether oxygens (including phenoxy) is 1. The molecule has 6 heteroatoms. The number of rotatable bonds is 1. The van der Waals surface area contributed by atoms with Crippen LogP contribution in [0, 0.1) is 6.92 Å². The van der Waals surface area contributed by atoms with Crippen molar-refractivity contribution >= 4 is 23.1 Å². The van der Waals surface area contributed by atoms with Crippen LogP contribution in [0.15, 0.2) is 0 Å². The lowest BCUT2D eigenvalue weighted by atomic mass is 10.1. The molecule has 1 aliphatic carbocycles. The van der Waals surface area contributed by atoms with Crippen LogP contribution in [0.4, 0.5) is 11.5 Å². The molecule has 0 amide bonds. The highest BCUT2D eigenvalue weighted by Gasteiger charge is 2.37. The van der Waals surface area contributed by atoms with Gasteiger partial charge in [0.2, 0.25) is 5.28 Å². The second-order valence-corrected chi connectivity index (χ2v) is 5.25. The van der Waals surface area contributed by atoms with Gasteiger partial charge in [-0.1, -0.05) is 0 Å². The summed E-state index contributed by atoms with van der Waals surface area (Å²) in [5.41, 5.74) is 7.47. The summed E-state index contributed by atoms with van der Waals surface area (Å²) in [5, 5.41) is 0.262. The number of nitrogens with zero attached hydrogens (tertiary/aromatic N) is 3. The summed E-state index contributed by atoms with van der Waals surface area (Å²) >= 11 is 5.95. The lowest BCUT2D eigenvalue weighted by Crippen LogP contribution is -2.49. The zero-order valence-electron chi connectivity index (χ0n) is 10.4. The maximum atomic E-state index is 6.10. The number of fused-ring (bicyclic) bond motifs is 1. The van der Waals surface area contributed by atoms with Crippen LogP contribution in [0.2, 0.25) is 5.28 Å². The van der Waals surface area contributed by atoms with E-state index in [0.717, 1.165) is 37.5 Å². The minimum atomic E-state index is 0.262. The van der Waals surface area contributed by atoms with Crippen LogP contribution in [0.25, 0.3) is 0 Å². The fourth-order valence-corrected chi connectivity index (χ4v) is 3.15. The number of aromatic nitrogens is 2. The van der Waals surface area contributed by atoms with Gasteiger partial charge in [0.1, 0.15) is 0 Å².